The van der Waals surface area contributed by atoms with E-state index in [-0.39, 0.29) is 18.0 Å². The van der Waals surface area contributed by atoms with E-state index in [1.54, 1.807) is 13.1 Å². The summed E-state index contributed by atoms with van der Waals surface area (Å²) in [5, 5.41) is 3.36. The SMILES string of the molecule is CCOC(=O)c1[nH]ccc1NCc1ccccc1C1CCCN(C(=O)OC(C)(C)C)C1. The number of hydrogen-bond acceptors (Lipinski definition) is 5. The number of piperidine rings is 1. The molecule has 1 saturated heterocycles. The fraction of sp³-hybridized carbons (Fsp3) is 0.500. The number of benzene rings is 1. The third-order valence-corrected chi connectivity index (χ3v) is 5.26. The highest BCUT2D eigenvalue weighted by Crippen LogP contribution is 2.31. The monoisotopic (exact) mass is 427 g/mol. The molecular weight excluding hydrogens is 394 g/mol. The number of likely N-dealkylation sites (tertiary alicyclic amines) is 1. The second-order valence-electron chi connectivity index (χ2n) is 8.80. The van der Waals surface area contributed by atoms with E-state index >= 15 is 0 Å². The average Bonchev–Trinajstić information content (AvgIpc) is 3.20. The summed E-state index contributed by atoms with van der Waals surface area (Å²) in [5.74, 6) is -0.126. The number of nitrogens with zero attached hydrogens (tertiary/aromatic N) is 1. The van der Waals surface area contributed by atoms with Crippen molar-refractivity contribution in [3.8, 4) is 0 Å². The number of anilines is 1. The highest BCUT2D eigenvalue weighted by Gasteiger charge is 2.29. The molecule has 1 aliphatic rings. The minimum atomic E-state index is -0.501. The molecule has 0 saturated carbocycles. The standard InChI is InChI=1S/C24H33N3O4/c1-5-30-22(28)21-20(12-13-25-21)26-15-17-9-6-7-11-19(17)18-10-8-14-27(16-18)23(29)31-24(2,3)4/h6-7,9,11-13,18,25-26H,5,8,10,14-16H2,1-4H3. The van der Waals surface area contributed by atoms with Crippen molar-refractivity contribution in [1.82, 2.24) is 9.88 Å². The van der Waals surface area contributed by atoms with Crippen LogP contribution in [0.3, 0.4) is 0 Å². The van der Waals surface area contributed by atoms with E-state index in [0.29, 0.717) is 31.1 Å². The van der Waals surface area contributed by atoms with E-state index in [1.165, 1.54) is 5.56 Å². The molecule has 1 atom stereocenters. The molecule has 31 heavy (non-hydrogen) atoms. The predicted molar refractivity (Wildman–Crippen MR) is 120 cm³/mol. The number of H-pyrrole nitrogens is 1. The second kappa shape index (κ2) is 9.90. The molecule has 168 valence electrons. The summed E-state index contributed by atoms with van der Waals surface area (Å²) in [6.07, 6.45) is 3.44. The molecule has 0 aliphatic carbocycles. The zero-order valence-electron chi connectivity index (χ0n) is 18.9. The van der Waals surface area contributed by atoms with Gasteiger partial charge in [0.05, 0.1) is 12.3 Å². The summed E-state index contributed by atoms with van der Waals surface area (Å²) < 4.78 is 10.7. The van der Waals surface area contributed by atoms with Gasteiger partial charge >= 0.3 is 12.1 Å². The molecule has 1 unspecified atom stereocenters. The van der Waals surface area contributed by atoms with Crippen LogP contribution in [0.15, 0.2) is 36.5 Å². The first-order valence-electron chi connectivity index (χ1n) is 10.9. The van der Waals surface area contributed by atoms with Crippen LogP contribution in [0.1, 0.15) is 68.1 Å². The Morgan fingerprint density at radius 1 is 1.23 bits per heavy atom. The Morgan fingerprint density at radius 3 is 2.74 bits per heavy atom. The number of amides is 1. The lowest BCUT2D eigenvalue weighted by Crippen LogP contribution is -2.42. The highest BCUT2D eigenvalue weighted by molar-refractivity contribution is 5.93. The van der Waals surface area contributed by atoms with Gasteiger partial charge in [-0.15, -0.1) is 0 Å². The normalized spacial score (nSPS) is 16.6. The van der Waals surface area contributed by atoms with Crippen molar-refractivity contribution in [2.24, 2.45) is 0 Å². The van der Waals surface area contributed by atoms with Gasteiger partial charge in [0.25, 0.3) is 0 Å². The zero-order valence-corrected chi connectivity index (χ0v) is 18.9. The Morgan fingerprint density at radius 2 is 2.00 bits per heavy atom. The largest absolute Gasteiger partial charge is 0.461 e. The van der Waals surface area contributed by atoms with Crippen molar-refractivity contribution in [2.75, 3.05) is 25.0 Å². The Hall–Kier alpha value is -2.96. The van der Waals surface area contributed by atoms with Gasteiger partial charge in [-0.05, 0) is 57.7 Å². The number of hydrogen-bond donors (Lipinski definition) is 2. The molecule has 1 fully saturated rings. The number of nitrogens with one attached hydrogen (secondary N) is 2. The van der Waals surface area contributed by atoms with Gasteiger partial charge in [-0.1, -0.05) is 24.3 Å². The second-order valence-corrected chi connectivity index (χ2v) is 8.80. The van der Waals surface area contributed by atoms with Gasteiger partial charge in [0, 0.05) is 31.7 Å². The summed E-state index contributed by atoms with van der Waals surface area (Å²) in [6.45, 7) is 9.72. The van der Waals surface area contributed by atoms with E-state index in [0.717, 1.165) is 24.9 Å². The van der Waals surface area contributed by atoms with E-state index < -0.39 is 5.60 Å². The number of aromatic nitrogens is 1. The number of ether oxygens (including phenoxy) is 2. The first kappa shape index (κ1) is 22.7. The van der Waals surface area contributed by atoms with Crippen LogP contribution in [0.4, 0.5) is 10.5 Å². The van der Waals surface area contributed by atoms with Gasteiger partial charge in [0.15, 0.2) is 0 Å². The molecular formula is C24H33N3O4. The molecule has 1 aromatic carbocycles. The molecule has 0 radical (unpaired) electrons. The Bertz CT molecular complexity index is 900. The van der Waals surface area contributed by atoms with Crippen LogP contribution in [0.2, 0.25) is 0 Å². The number of aromatic amines is 1. The van der Waals surface area contributed by atoms with Crippen LogP contribution in [0.5, 0.6) is 0 Å². The Balaban J connectivity index is 1.70. The van der Waals surface area contributed by atoms with Gasteiger partial charge in [0.2, 0.25) is 0 Å². The fourth-order valence-corrected chi connectivity index (χ4v) is 3.90. The van der Waals surface area contributed by atoms with E-state index in [4.69, 9.17) is 9.47 Å². The zero-order chi connectivity index (χ0) is 22.4. The van der Waals surface area contributed by atoms with Crippen LogP contribution in [-0.4, -0.2) is 47.2 Å². The number of carbonyl (C=O) groups excluding carboxylic acids is 2. The Labute approximate surface area is 184 Å². The lowest BCUT2D eigenvalue weighted by molar-refractivity contribution is 0.0198. The molecule has 2 aromatic rings. The lowest BCUT2D eigenvalue weighted by atomic mass is 9.87. The number of esters is 1. The third-order valence-electron chi connectivity index (χ3n) is 5.26. The van der Waals surface area contributed by atoms with Crippen LogP contribution in [0.25, 0.3) is 0 Å². The maximum Gasteiger partial charge on any atom is 0.410 e. The van der Waals surface area contributed by atoms with Crippen LogP contribution in [-0.2, 0) is 16.0 Å². The lowest BCUT2D eigenvalue weighted by Gasteiger charge is -2.35. The molecule has 7 heteroatoms. The summed E-state index contributed by atoms with van der Waals surface area (Å²) in [7, 11) is 0. The quantitative estimate of drug-likeness (QED) is 0.640. The van der Waals surface area contributed by atoms with Crippen molar-refractivity contribution >= 4 is 17.7 Å². The van der Waals surface area contributed by atoms with Gasteiger partial charge in [-0.2, -0.15) is 0 Å². The van der Waals surface area contributed by atoms with Gasteiger partial charge in [-0.3, -0.25) is 0 Å². The van der Waals surface area contributed by atoms with Gasteiger partial charge in [-0.25, -0.2) is 9.59 Å². The van der Waals surface area contributed by atoms with Gasteiger partial charge in [0.1, 0.15) is 11.3 Å². The summed E-state index contributed by atoms with van der Waals surface area (Å²) in [5.41, 5.74) is 3.00. The fourth-order valence-electron chi connectivity index (χ4n) is 3.90. The topological polar surface area (TPSA) is 83.7 Å². The van der Waals surface area contributed by atoms with E-state index in [1.807, 2.05) is 43.9 Å². The third kappa shape index (κ3) is 6.03. The minimum absolute atomic E-state index is 0.245. The maximum atomic E-state index is 12.6. The van der Waals surface area contributed by atoms with Crippen LogP contribution in [0, 0.1) is 0 Å². The van der Waals surface area contributed by atoms with Crippen molar-refractivity contribution in [1.29, 1.82) is 0 Å². The van der Waals surface area contributed by atoms with Crippen molar-refractivity contribution in [3.63, 3.8) is 0 Å². The summed E-state index contributed by atoms with van der Waals surface area (Å²) >= 11 is 0. The number of carbonyl (C=O) groups is 2. The molecule has 7 nitrogen and oxygen atoms in total. The summed E-state index contributed by atoms with van der Waals surface area (Å²) in [4.78, 5) is 29.4. The molecule has 2 heterocycles. The van der Waals surface area contributed by atoms with Crippen molar-refractivity contribution in [2.45, 2.75) is 58.6 Å². The molecule has 3 rings (SSSR count). The van der Waals surface area contributed by atoms with E-state index in [9.17, 15) is 9.59 Å². The molecule has 0 bridgehead atoms. The molecule has 1 amide bonds. The predicted octanol–water partition coefficient (Wildman–Crippen LogP) is 4.92. The maximum absolute atomic E-state index is 12.6. The van der Waals surface area contributed by atoms with Crippen LogP contribution < -0.4 is 5.32 Å². The highest BCUT2D eigenvalue weighted by atomic mass is 16.6. The van der Waals surface area contributed by atoms with Gasteiger partial charge < -0.3 is 24.7 Å². The first-order valence-corrected chi connectivity index (χ1v) is 10.9. The van der Waals surface area contributed by atoms with Crippen LogP contribution >= 0.6 is 0 Å². The number of rotatable bonds is 6. The molecule has 2 N–H and O–H groups in total. The first-order chi connectivity index (χ1) is 14.8. The van der Waals surface area contributed by atoms with E-state index in [2.05, 4.69) is 22.4 Å². The smallest absolute Gasteiger partial charge is 0.410 e. The molecule has 1 aliphatic heterocycles. The summed E-state index contributed by atoms with van der Waals surface area (Å²) in [6, 6.07) is 10.1. The average molecular weight is 428 g/mol. The minimum Gasteiger partial charge on any atom is -0.461 e. The molecule has 0 spiro atoms. The molecule has 1 aromatic heterocycles. The van der Waals surface area contributed by atoms with Crippen molar-refractivity contribution in [3.05, 3.63) is 53.3 Å². The van der Waals surface area contributed by atoms with Crippen molar-refractivity contribution < 1.29 is 19.1 Å². The Kier molecular flexibility index (Phi) is 7.25.